The Morgan fingerprint density at radius 1 is 1.21 bits per heavy atom. The van der Waals surface area contributed by atoms with Crippen molar-refractivity contribution in [2.45, 2.75) is 0 Å². The highest BCUT2D eigenvalue weighted by Crippen LogP contribution is 2.24. The van der Waals surface area contributed by atoms with Crippen molar-refractivity contribution in [1.82, 2.24) is 10.4 Å². The molecule has 1 amide bonds. The number of para-hydroxylation sites is 1. The summed E-state index contributed by atoms with van der Waals surface area (Å²) in [5.41, 5.74) is 3.94. The zero-order valence-electron chi connectivity index (χ0n) is 9.96. The first-order valence-electron chi connectivity index (χ1n) is 5.74. The van der Waals surface area contributed by atoms with E-state index in [1.165, 1.54) is 0 Å². The summed E-state index contributed by atoms with van der Waals surface area (Å²) in [5, 5.41) is 0.751. The molecule has 2 heterocycles. The van der Waals surface area contributed by atoms with Gasteiger partial charge in [0.25, 0.3) is 5.91 Å². The number of carbonyl (C=O) groups excluding carboxylic acids is 1. The van der Waals surface area contributed by atoms with Gasteiger partial charge in [-0.1, -0.05) is 18.2 Å². The van der Waals surface area contributed by atoms with Crippen LogP contribution in [0.2, 0.25) is 0 Å². The molecular formula is C14H11N3O2. The van der Waals surface area contributed by atoms with Crippen LogP contribution in [0, 0.1) is 0 Å². The van der Waals surface area contributed by atoms with Crippen LogP contribution in [0.1, 0.15) is 10.4 Å². The van der Waals surface area contributed by atoms with E-state index in [1.54, 1.807) is 24.5 Å². The number of furan rings is 1. The molecule has 94 valence electrons. The molecule has 0 spiro atoms. The van der Waals surface area contributed by atoms with Gasteiger partial charge in [-0.3, -0.25) is 10.2 Å². The maximum atomic E-state index is 11.9. The predicted octanol–water partition coefficient (Wildman–Crippen LogP) is 2.10. The molecule has 0 atom stereocenters. The quantitative estimate of drug-likeness (QED) is 0.416. The van der Waals surface area contributed by atoms with Gasteiger partial charge in [0, 0.05) is 5.39 Å². The van der Waals surface area contributed by atoms with Gasteiger partial charge in [0.05, 0.1) is 17.3 Å². The number of benzene rings is 1. The summed E-state index contributed by atoms with van der Waals surface area (Å²) in [6.45, 7) is 0. The van der Waals surface area contributed by atoms with Crippen LogP contribution in [0.3, 0.4) is 0 Å². The van der Waals surface area contributed by atoms with E-state index in [0.717, 1.165) is 10.9 Å². The molecule has 0 radical (unpaired) electrons. The highest BCUT2D eigenvalue weighted by Gasteiger charge is 2.13. The van der Waals surface area contributed by atoms with Crippen LogP contribution < -0.4 is 11.3 Å². The second kappa shape index (κ2) is 4.55. The third-order valence-electron chi connectivity index (χ3n) is 2.87. The van der Waals surface area contributed by atoms with Gasteiger partial charge in [0.15, 0.2) is 5.76 Å². The number of rotatable bonds is 2. The first-order valence-corrected chi connectivity index (χ1v) is 5.74. The van der Waals surface area contributed by atoms with E-state index in [-0.39, 0.29) is 5.91 Å². The Kier molecular flexibility index (Phi) is 2.74. The van der Waals surface area contributed by atoms with Gasteiger partial charge in [-0.2, -0.15) is 0 Å². The molecule has 0 saturated carbocycles. The van der Waals surface area contributed by atoms with E-state index < -0.39 is 0 Å². The lowest BCUT2D eigenvalue weighted by atomic mass is 10.1. The van der Waals surface area contributed by atoms with Crippen molar-refractivity contribution >= 4 is 16.8 Å². The summed E-state index contributed by atoms with van der Waals surface area (Å²) in [5.74, 6) is 5.47. The normalized spacial score (nSPS) is 10.6. The van der Waals surface area contributed by atoms with Gasteiger partial charge >= 0.3 is 0 Å². The van der Waals surface area contributed by atoms with Crippen LogP contribution in [0.4, 0.5) is 0 Å². The summed E-state index contributed by atoms with van der Waals surface area (Å²) in [6.07, 6.45) is 1.56. The fourth-order valence-corrected chi connectivity index (χ4v) is 1.99. The molecular weight excluding hydrogens is 242 g/mol. The van der Waals surface area contributed by atoms with E-state index in [1.807, 2.05) is 24.3 Å². The first-order chi connectivity index (χ1) is 9.29. The number of hydrogen-bond acceptors (Lipinski definition) is 4. The monoisotopic (exact) mass is 253 g/mol. The second-order valence-electron chi connectivity index (χ2n) is 4.02. The number of fused-ring (bicyclic) bond motifs is 1. The summed E-state index contributed by atoms with van der Waals surface area (Å²) >= 11 is 0. The van der Waals surface area contributed by atoms with Crippen molar-refractivity contribution < 1.29 is 9.21 Å². The van der Waals surface area contributed by atoms with E-state index in [9.17, 15) is 4.79 Å². The number of hydrogen-bond donors (Lipinski definition) is 2. The molecule has 5 heteroatoms. The maximum Gasteiger partial charge on any atom is 0.265 e. The number of nitrogens with two attached hydrogens (primary N) is 1. The van der Waals surface area contributed by atoms with Crippen LogP contribution >= 0.6 is 0 Å². The minimum absolute atomic E-state index is 0.355. The van der Waals surface area contributed by atoms with Gasteiger partial charge in [0.1, 0.15) is 5.69 Å². The lowest BCUT2D eigenvalue weighted by Gasteiger charge is -2.07. The van der Waals surface area contributed by atoms with E-state index in [2.05, 4.69) is 10.4 Å². The van der Waals surface area contributed by atoms with Crippen molar-refractivity contribution in [2.24, 2.45) is 5.84 Å². The third kappa shape index (κ3) is 1.96. The molecule has 0 aliphatic rings. The minimum atomic E-state index is -0.355. The van der Waals surface area contributed by atoms with Gasteiger partial charge in [0.2, 0.25) is 0 Å². The highest BCUT2D eigenvalue weighted by atomic mass is 16.3. The molecule has 0 aliphatic carbocycles. The molecule has 0 fully saturated rings. The van der Waals surface area contributed by atoms with Gasteiger partial charge in [-0.05, 0) is 24.3 Å². The lowest BCUT2D eigenvalue weighted by Crippen LogP contribution is -2.30. The average molecular weight is 253 g/mol. The Balaban J connectivity index is 2.29. The summed E-state index contributed by atoms with van der Waals surface area (Å²) < 4.78 is 5.31. The Morgan fingerprint density at radius 3 is 2.79 bits per heavy atom. The third-order valence-corrected chi connectivity index (χ3v) is 2.87. The zero-order valence-corrected chi connectivity index (χ0v) is 9.96. The highest BCUT2D eigenvalue weighted by molar-refractivity contribution is 6.06. The van der Waals surface area contributed by atoms with Crippen LogP contribution in [-0.2, 0) is 0 Å². The summed E-state index contributed by atoms with van der Waals surface area (Å²) in [6, 6.07) is 12.6. The van der Waals surface area contributed by atoms with Crippen LogP contribution in [-0.4, -0.2) is 10.9 Å². The van der Waals surface area contributed by atoms with Crippen LogP contribution in [0.15, 0.2) is 53.1 Å². The van der Waals surface area contributed by atoms with E-state index in [0.29, 0.717) is 17.0 Å². The van der Waals surface area contributed by atoms with Crippen LogP contribution in [0.5, 0.6) is 0 Å². The van der Waals surface area contributed by atoms with Crippen molar-refractivity contribution in [3.63, 3.8) is 0 Å². The van der Waals surface area contributed by atoms with Gasteiger partial charge in [-0.15, -0.1) is 0 Å². The predicted molar refractivity (Wildman–Crippen MR) is 71.1 cm³/mol. The number of aromatic nitrogens is 1. The first kappa shape index (κ1) is 11.4. The Hall–Kier alpha value is -2.66. The fraction of sp³-hybridized carbons (Fsp3) is 0. The van der Waals surface area contributed by atoms with E-state index in [4.69, 9.17) is 10.3 Å². The number of nitrogens with one attached hydrogen (secondary N) is 1. The standard InChI is InChI=1S/C14H11N3O2/c15-17-14(18)10-8-12(13-6-3-7-19-13)16-11-5-2-1-4-9(10)11/h1-8H,15H2,(H,17,18). The minimum Gasteiger partial charge on any atom is -0.463 e. The molecule has 5 nitrogen and oxygen atoms in total. The van der Waals surface area contributed by atoms with Gasteiger partial charge in [-0.25, -0.2) is 10.8 Å². The van der Waals surface area contributed by atoms with Crippen molar-refractivity contribution in [3.8, 4) is 11.5 Å². The largest absolute Gasteiger partial charge is 0.463 e. The van der Waals surface area contributed by atoms with Crippen molar-refractivity contribution in [2.75, 3.05) is 0 Å². The molecule has 0 unspecified atom stereocenters. The fourth-order valence-electron chi connectivity index (χ4n) is 1.99. The molecule has 19 heavy (non-hydrogen) atoms. The Morgan fingerprint density at radius 2 is 2.05 bits per heavy atom. The second-order valence-corrected chi connectivity index (χ2v) is 4.02. The van der Waals surface area contributed by atoms with Crippen molar-refractivity contribution in [1.29, 1.82) is 0 Å². The number of amides is 1. The number of pyridine rings is 1. The Bertz CT molecular complexity index is 736. The zero-order chi connectivity index (χ0) is 13.2. The van der Waals surface area contributed by atoms with Crippen molar-refractivity contribution in [3.05, 3.63) is 54.3 Å². The Labute approximate surface area is 109 Å². The maximum absolute atomic E-state index is 11.9. The molecule has 0 saturated heterocycles. The number of nitrogens with zero attached hydrogens (tertiary/aromatic N) is 1. The molecule has 3 rings (SSSR count). The molecule has 0 bridgehead atoms. The molecule has 2 aromatic heterocycles. The lowest BCUT2D eigenvalue weighted by molar-refractivity contribution is 0.0955. The van der Waals surface area contributed by atoms with Crippen LogP contribution in [0.25, 0.3) is 22.4 Å². The molecule has 0 aliphatic heterocycles. The molecule has 1 aromatic carbocycles. The number of carbonyl (C=O) groups is 1. The smallest absolute Gasteiger partial charge is 0.265 e. The summed E-state index contributed by atoms with van der Waals surface area (Å²) in [4.78, 5) is 16.3. The number of hydrazine groups is 1. The molecule has 3 N–H and O–H groups in total. The van der Waals surface area contributed by atoms with E-state index >= 15 is 0 Å². The molecule has 3 aromatic rings. The number of nitrogen functional groups attached to an aromatic ring is 1. The summed E-state index contributed by atoms with van der Waals surface area (Å²) in [7, 11) is 0. The van der Waals surface area contributed by atoms with Gasteiger partial charge < -0.3 is 4.42 Å². The topological polar surface area (TPSA) is 81.1 Å². The SMILES string of the molecule is NNC(=O)c1cc(-c2ccco2)nc2ccccc12. The average Bonchev–Trinajstić information content (AvgIpc) is 2.99.